The molecule has 0 aliphatic rings. The van der Waals surface area contributed by atoms with Crippen LogP contribution in [0.5, 0.6) is 5.75 Å². The van der Waals surface area contributed by atoms with Gasteiger partial charge < -0.3 is 10.5 Å². The molecular formula is C17H16N2O2S. The molecule has 0 fully saturated rings. The van der Waals surface area contributed by atoms with Gasteiger partial charge in [-0.3, -0.25) is 9.78 Å². The van der Waals surface area contributed by atoms with Crippen LogP contribution < -0.4 is 10.5 Å². The summed E-state index contributed by atoms with van der Waals surface area (Å²) in [5.41, 5.74) is 6.00. The van der Waals surface area contributed by atoms with Gasteiger partial charge in [-0.15, -0.1) is 11.3 Å². The number of fused-ring (bicyclic) bond motifs is 1. The molecule has 0 bridgehead atoms. The number of aromatic nitrogens is 1. The molecule has 0 saturated heterocycles. The lowest BCUT2D eigenvalue weighted by Gasteiger charge is -2.10. The van der Waals surface area contributed by atoms with E-state index in [9.17, 15) is 4.79 Å². The van der Waals surface area contributed by atoms with Crippen LogP contribution in [0.1, 0.15) is 16.1 Å². The van der Waals surface area contributed by atoms with E-state index in [1.54, 1.807) is 24.5 Å². The first kappa shape index (κ1) is 14.7. The molecule has 0 aliphatic carbocycles. The molecule has 1 unspecified atom stereocenters. The van der Waals surface area contributed by atoms with E-state index in [4.69, 9.17) is 10.5 Å². The molecule has 1 atom stereocenters. The van der Waals surface area contributed by atoms with Gasteiger partial charge in [-0.2, -0.15) is 0 Å². The largest absolute Gasteiger partial charge is 0.493 e. The van der Waals surface area contributed by atoms with Gasteiger partial charge in [0.15, 0.2) is 5.78 Å². The molecule has 112 valence electrons. The van der Waals surface area contributed by atoms with E-state index in [-0.39, 0.29) is 5.78 Å². The number of thiophene rings is 1. The number of ketones is 1. The fourth-order valence-electron chi connectivity index (χ4n) is 2.16. The minimum Gasteiger partial charge on any atom is -0.493 e. The fraction of sp³-hybridized carbons (Fsp3) is 0.176. The van der Waals surface area contributed by atoms with Crippen LogP contribution in [0.15, 0.2) is 54.9 Å². The quantitative estimate of drug-likeness (QED) is 0.709. The summed E-state index contributed by atoms with van der Waals surface area (Å²) in [4.78, 5) is 17.0. The van der Waals surface area contributed by atoms with Crippen LogP contribution in [-0.4, -0.2) is 23.4 Å². The van der Waals surface area contributed by atoms with Gasteiger partial charge in [-0.05, 0) is 29.7 Å². The maximum atomic E-state index is 12.4. The molecule has 4 nitrogen and oxygen atoms in total. The molecule has 0 saturated carbocycles. The van der Waals surface area contributed by atoms with E-state index >= 15 is 0 Å². The van der Waals surface area contributed by atoms with E-state index in [2.05, 4.69) is 4.98 Å². The van der Waals surface area contributed by atoms with Gasteiger partial charge in [0.25, 0.3) is 0 Å². The zero-order chi connectivity index (χ0) is 15.4. The zero-order valence-electron chi connectivity index (χ0n) is 11.9. The van der Waals surface area contributed by atoms with Crippen LogP contribution in [0.2, 0.25) is 0 Å². The number of ether oxygens (including phenoxy) is 1. The highest BCUT2D eigenvalue weighted by Crippen LogP contribution is 2.26. The second-order valence-corrected chi connectivity index (χ2v) is 6.02. The zero-order valence-corrected chi connectivity index (χ0v) is 12.8. The smallest absolute Gasteiger partial charge is 0.189 e. The van der Waals surface area contributed by atoms with Gasteiger partial charge in [0, 0.05) is 23.5 Å². The Morgan fingerprint density at radius 3 is 2.77 bits per heavy atom. The molecule has 2 aromatic heterocycles. The van der Waals surface area contributed by atoms with E-state index in [0.29, 0.717) is 17.9 Å². The number of pyridine rings is 1. The predicted octanol–water partition coefficient (Wildman–Crippen LogP) is 3.28. The Morgan fingerprint density at radius 1 is 1.23 bits per heavy atom. The summed E-state index contributed by atoms with van der Waals surface area (Å²) in [5, 5.41) is 1.08. The summed E-state index contributed by atoms with van der Waals surface area (Å²) in [7, 11) is 0. The van der Waals surface area contributed by atoms with Crippen LogP contribution in [0.4, 0.5) is 0 Å². The molecule has 2 heterocycles. The van der Waals surface area contributed by atoms with Crippen molar-refractivity contribution in [3.05, 3.63) is 59.7 Å². The predicted molar refractivity (Wildman–Crippen MR) is 88.5 cm³/mol. The first-order valence-corrected chi connectivity index (χ1v) is 7.87. The lowest BCUT2D eigenvalue weighted by Crippen LogP contribution is -2.31. The van der Waals surface area contributed by atoms with Crippen molar-refractivity contribution in [2.75, 3.05) is 6.61 Å². The van der Waals surface area contributed by atoms with Gasteiger partial charge in [-0.1, -0.05) is 18.2 Å². The molecule has 2 N–H and O–H groups in total. The first-order chi connectivity index (χ1) is 10.7. The molecule has 0 amide bonds. The third kappa shape index (κ3) is 3.32. The van der Waals surface area contributed by atoms with Crippen molar-refractivity contribution in [2.24, 2.45) is 5.73 Å². The van der Waals surface area contributed by atoms with Crippen molar-refractivity contribution in [1.29, 1.82) is 0 Å². The third-order valence-corrected chi connectivity index (χ3v) is 4.48. The monoisotopic (exact) mass is 312 g/mol. The van der Waals surface area contributed by atoms with Crippen molar-refractivity contribution in [3.8, 4) is 5.75 Å². The molecule has 0 radical (unpaired) electrons. The molecule has 1 aromatic carbocycles. The minimum atomic E-state index is -0.546. The topological polar surface area (TPSA) is 65.2 Å². The first-order valence-electron chi connectivity index (χ1n) is 7.05. The van der Waals surface area contributed by atoms with Crippen molar-refractivity contribution in [1.82, 2.24) is 4.98 Å². The Labute approximate surface area is 132 Å². The number of hydrogen-bond donors (Lipinski definition) is 1. The Bertz CT molecular complexity index is 737. The Kier molecular flexibility index (Phi) is 4.46. The van der Waals surface area contributed by atoms with Gasteiger partial charge in [0.2, 0.25) is 0 Å². The third-order valence-electron chi connectivity index (χ3n) is 3.35. The van der Waals surface area contributed by atoms with Crippen LogP contribution >= 0.6 is 11.3 Å². The Hall–Kier alpha value is -2.24. The number of nitrogens with zero attached hydrogens (tertiary/aromatic N) is 1. The fourth-order valence-corrected chi connectivity index (χ4v) is 3.22. The lowest BCUT2D eigenvalue weighted by molar-refractivity contribution is 0.0952. The summed E-state index contributed by atoms with van der Waals surface area (Å²) in [6.45, 7) is 0.405. The number of Topliss-reactive ketones (excluding diaryl/α,β-unsaturated/α-hetero) is 1. The molecule has 22 heavy (non-hydrogen) atoms. The second-order valence-electron chi connectivity index (χ2n) is 4.94. The highest BCUT2D eigenvalue weighted by Gasteiger charge is 2.18. The highest BCUT2D eigenvalue weighted by atomic mass is 32.1. The van der Waals surface area contributed by atoms with Crippen LogP contribution in [-0.2, 0) is 0 Å². The van der Waals surface area contributed by atoms with Crippen LogP contribution in [0, 0.1) is 0 Å². The van der Waals surface area contributed by atoms with Gasteiger partial charge >= 0.3 is 0 Å². The average Bonchev–Trinajstić information content (AvgIpc) is 2.99. The molecule has 3 aromatic rings. The van der Waals surface area contributed by atoms with Crippen molar-refractivity contribution in [3.63, 3.8) is 0 Å². The van der Waals surface area contributed by atoms with Gasteiger partial charge in [0.05, 0.1) is 17.5 Å². The number of carbonyl (C=O) groups is 1. The van der Waals surface area contributed by atoms with E-state index < -0.39 is 6.04 Å². The maximum absolute atomic E-state index is 12.4. The molecule has 0 spiro atoms. The summed E-state index contributed by atoms with van der Waals surface area (Å²) >= 11 is 1.48. The van der Waals surface area contributed by atoms with Crippen LogP contribution in [0.25, 0.3) is 10.1 Å². The van der Waals surface area contributed by atoms with Crippen molar-refractivity contribution >= 4 is 27.2 Å². The number of hydrogen-bond acceptors (Lipinski definition) is 5. The lowest BCUT2D eigenvalue weighted by atomic mass is 10.1. The molecule has 5 heteroatoms. The minimum absolute atomic E-state index is 0.0282. The van der Waals surface area contributed by atoms with Crippen molar-refractivity contribution in [2.45, 2.75) is 12.5 Å². The Balaban J connectivity index is 1.59. The van der Waals surface area contributed by atoms with E-state index in [0.717, 1.165) is 15.8 Å². The highest BCUT2D eigenvalue weighted by molar-refractivity contribution is 7.20. The van der Waals surface area contributed by atoms with Gasteiger partial charge in [0.1, 0.15) is 5.75 Å². The van der Waals surface area contributed by atoms with Crippen molar-refractivity contribution < 1.29 is 9.53 Å². The average molecular weight is 312 g/mol. The van der Waals surface area contributed by atoms with Crippen LogP contribution in [0.3, 0.4) is 0 Å². The normalized spacial score (nSPS) is 12.2. The molecule has 3 rings (SSSR count). The summed E-state index contributed by atoms with van der Waals surface area (Å²) in [5.74, 6) is 0.705. The molecular weight excluding hydrogens is 296 g/mol. The SMILES string of the molecule is NC(CCOc1ccncc1)C(=O)c1cc2ccccc2s1. The van der Waals surface area contributed by atoms with E-state index in [1.807, 2.05) is 30.3 Å². The summed E-state index contributed by atoms with van der Waals surface area (Å²) in [6.07, 6.45) is 3.81. The van der Waals surface area contributed by atoms with Gasteiger partial charge in [-0.25, -0.2) is 0 Å². The summed E-state index contributed by atoms with van der Waals surface area (Å²) in [6, 6.07) is 12.9. The Morgan fingerprint density at radius 2 is 2.00 bits per heavy atom. The standard InChI is InChI=1S/C17H16N2O2S/c18-14(7-10-21-13-5-8-19-9-6-13)17(20)16-11-12-3-1-2-4-15(12)22-16/h1-6,8-9,11,14H,7,10,18H2. The molecule has 0 aliphatic heterocycles. The maximum Gasteiger partial charge on any atom is 0.189 e. The number of benzene rings is 1. The second kappa shape index (κ2) is 6.68. The number of rotatable bonds is 6. The number of nitrogens with two attached hydrogens (primary N) is 1. The summed E-state index contributed by atoms with van der Waals surface area (Å²) < 4.78 is 6.66. The number of carbonyl (C=O) groups excluding carboxylic acids is 1. The van der Waals surface area contributed by atoms with E-state index in [1.165, 1.54) is 11.3 Å².